The lowest BCUT2D eigenvalue weighted by molar-refractivity contribution is 0.457. The molecule has 1 N–H and O–H groups in total. The van der Waals surface area contributed by atoms with Crippen LogP contribution in [0.1, 0.15) is 39.8 Å². The Morgan fingerprint density at radius 1 is 1.38 bits per heavy atom. The van der Waals surface area contributed by atoms with Crippen LogP contribution in [0.25, 0.3) is 0 Å². The molecule has 0 saturated carbocycles. The molecule has 0 radical (unpaired) electrons. The van der Waals surface area contributed by atoms with Crippen LogP contribution >= 0.6 is 0 Å². The molecule has 1 heterocycles. The molecule has 0 aromatic carbocycles. The number of hydrogen-bond donors (Lipinski definition) is 1. The van der Waals surface area contributed by atoms with Crippen LogP contribution in [0.3, 0.4) is 0 Å². The van der Waals surface area contributed by atoms with E-state index in [1.54, 1.807) is 0 Å². The number of nitrogens with one attached hydrogen (secondary N) is 1. The first-order chi connectivity index (χ1) is 7.63. The Hall–Kier alpha value is -0.830. The number of rotatable bonds is 7. The van der Waals surface area contributed by atoms with Crippen LogP contribution in [-0.2, 0) is 13.0 Å². The highest BCUT2D eigenvalue weighted by atomic mass is 15.3. The summed E-state index contributed by atoms with van der Waals surface area (Å²) < 4.78 is 2.13. The zero-order chi connectivity index (χ0) is 12.0. The molecule has 0 aliphatic heterocycles. The van der Waals surface area contributed by atoms with Gasteiger partial charge in [0.15, 0.2) is 0 Å². The molecule has 0 aliphatic carbocycles. The van der Waals surface area contributed by atoms with Gasteiger partial charge in [0.2, 0.25) is 0 Å². The third-order valence-electron chi connectivity index (χ3n) is 2.67. The summed E-state index contributed by atoms with van der Waals surface area (Å²) in [5, 5.41) is 7.83. The summed E-state index contributed by atoms with van der Waals surface area (Å²) >= 11 is 0. The fraction of sp³-hybridized carbons (Fsp3) is 0.769. The number of nitrogens with zero attached hydrogens (tertiary/aromatic N) is 2. The predicted molar refractivity (Wildman–Crippen MR) is 68.5 cm³/mol. The zero-order valence-electron chi connectivity index (χ0n) is 11.0. The minimum absolute atomic E-state index is 0.572. The van der Waals surface area contributed by atoms with Gasteiger partial charge in [-0.3, -0.25) is 4.68 Å². The van der Waals surface area contributed by atoms with Gasteiger partial charge in [-0.25, -0.2) is 0 Å². The van der Waals surface area contributed by atoms with Crippen LogP contribution in [0.15, 0.2) is 12.3 Å². The summed E-state index contributed by atoms with van der Waals surface area (Å²) in [6, 6.07) is 2.71. The molecule has 0 spiro atoms. The van der Waals surface area contributed by atoms with Crippen LogP contribution in [0.5, 0.6) is 0 Å². The first-order valence-electron chi connectivity index (χ1n) is 6.37. The Labute approximate surface area is 99.2 Å². The molecule has 0 amide bonds. The van der Waals surface area contributed by atoms with E-state index in [1.807, 2.05) is 6.20 Å². The van der Waals surface area contributed by atoms with Gasteiger partial charge in [-0.15, -0.1) is 0 Å². The topological polar surface area (TPSA) is 29.9 Å². The smallest absolute Gasteiger partial charge is 0.0492 e. The average Bonchev–Trinajstić information content (AvgIpc) is 2.63. The fourth-order valence-electron chi connectivity index (χ4n) is 1.81. The van der Waals surface area contributed by atoms with E-state index in [4.69, 9.17) is 0 Å². The van der Waals surface area contributed by atoms with Crippen molar-refractivity contribution in [2.75, 3.05) is 6.54 Å². The highest BCUT2D eigenvalue weighted by molar-refractivity contribution is 5.01. The van der Waals surface area contributed by atoms with E-state index in [1.165, 1.54) is 5.69 Å². The van der Waals surface area contributed by atoms with Crippen molar-refractivity contribution in [3.63, 3.8) is 0 Å². The Morgan fingerprint density at radius 3 is 2.75 bits per heavy atom. The van der Waals surface area contributed by atoms with Gasteiger partial charge >= 0.3 is 0 Å². The zero-order valence-corrected chi connectivity index (χ0v) is 11.0. The number of aromatic nitrogens is 2. The Kier molecular flexibility index (Phi) is 5.53. The Morgan fingerprint density at radius 2 is 2.12 bits per heavy atom. The van der Waals surface area contributed by atoms with Gasteiger partial charge in [0, 0.05) is 24.5 Å². The monoisotopic (exact) mass is 223 g/mol. The first-order valence-corrected chi connectivity index (χ1v) is 6.37. The van der Waals surface area contributed by atoms with Crippen LogP contribution < -0.4 is 5.32 Å². The standard InChI is InChI=1S/C13H25N3/c1-5-8-16-13(6-7-15-16)9-12(4)10-14-11(2)3/h6-7,11-12,14H,5,8-10H2,1-4H3. The van der Waals surface area contributed by atoms with Crippen molar-refractivity contribution < 1.29 is 0 Å². The van der Waals surface area contributed by atoms with E-state index >= 15 is 0 Å². The summed E-state index contributed by atoms with van der Waals surface area (Å²) in [7, 11) is 0. The van der Waals surface area contributed by atoms with Gasteiger partial charge in [0.05, 0.1) is 0 Å². The highest BCUT2D eigenvalue weighted by Gasteiger charge is 2.08. The van der Waals surface area contributed by atoms with Crippen molar-refractivity contribution in [1.29, 1.82) is 0 Å². The SMILES string of the molecule is CCCn1nccc1CC(C)CNC(C)C. The highest BCUT2D eigenvalue weighted by Crippen LogP contribution is 2.08. The number of aryl methyl sites for hydroxylation is 1. The van der Waals surface area contributed by atoms with Crippen molar-refractivity contribution in [3.8, 4) is 0 Å². The lowest BCUT2D eigenvalue weighted by Crippen LogP contribution is -2.29. The van der Waals surface area contributed by atoms with Gasteiger partial charge in [-0.2, -0.15) is 5.10 Å². The summed E-state index contributed by atoms with van der Waals surface area (Å²) in [5.74, 6) is 0.662. The molecule has 1 aromatic heterocycles. The Bertz CT molecular complexity index is 291. The lowest BCUT2D eigenvalue weighted by Gasteiger charge is -2.15. The van der Waals surface area contributed by atoms with Crippen LogP contribution in [0.4, 0.5) is 0 Å². The quantitative estimate of drug-likeness (QED) is 0.769. The maximum Gasteiger partial charge on any atom is 0.0492 e. The number of hydrogen-bond acceptors (Lipinski definition) is 2. The lowest BCUT2D eigenvalue weighted by atomic mass is 10.1. The van der Waals surface area contributed by atoms with Crippen LogP contribution in [0, 0.1) is 5.92 Å². The van der Waals surface area contributed by atoms with Gasteiger partial charge in [0.25, 0.3) is 0 Å². The fourth-order valence-corrected chi connectivity index (χ4v) is 1.81. The molecule has 0 aliphatic rings. The average molecular weight is 223 g/mol. The summed E-state index contributed by atoms with van der Waals surface area (Å²) in [6.07, 6.45) is 4.17. The summed E-state index contributed by atoms with van der Waals surface area (Å²) in [5.41, 5.74) is 1.36. The molecule has 92 valence electrons. The largest absolute Gasteiger partial charge is 0.314 e. The van der Waals surface area contributed by atoms with Crippen LogP contribution in [-0.4, -0.2) is 22.4 Å². The molecule has 16 heavy (non-hydrogen) atoms. The first kappa shape index (κ1) is 13.2. The van der Waals surface area contributed by atoms with E-state index < -0.39 is 0 Å². The summed E-state index contributed by atoms with van der Waals surface area (Å²) in [6.45, 7) is 11.0. The third-order valence-corrected chi connectivity index (χ3v) is 2.67. The van der Waals surface area contributed by atoms with Crippen LogP contribution in [0.2, 0.25) is 0 Å². The summed E-state index contributed by atoms with van der Waals surface area (Å²) in [4.78, 5) is 0. The molecule has 1 unspecified atom stereocenters. The predicted octanol–water partition coefficient (Wildman–Crippen LogP) is 2.47. The molecular weight excluding hydrogens is 198 g/mol. The minimum atomic E-state index is 0.572. The Balaban J connectivity index is 2.42. The molecule has 0 bridgehead atoms. The maximum atomic E-state index is 4.35. The van der Waals surface area contributed by atoms with Crippen molar-refractivity contribution in [3.05, 3.63) is 18.0 Å². The molecule has 3 heteroatoms. The van der Waals surface area contributed by atoms with Gasteiger partial charge in [0.1, 0.15) is 0 Å². The molecule has 1 rings (SSSR count). The van der Waals surface area contributed by atoms with E-state index in [9.17, 15) is 0 Å². The van der Waals surface area contributed by atoms with E-state index in [0.717, 1.165) is 25.9 Å². The second kappa shape index (κ2) is 6.69. The van der Waals surface area contributed by atoms with Crippen molar-refractivity contribution in [1.82, 2.24) is 15.1 Å². The molecular formula is C13H25N3. The molecule has 1 atom stereocenters. The maximum absolute atomic E-state index is 4.35. The van der Waals surface area contributed by atoms with E-state index in [-0.39, 0.29) is 0 Å². The third kappa shape index (κ3) is 4.35. The minimum Gasteiger partial charge on any atom is -0.314 e. The van der Waals surface area contributed by atoms with Crippen molar-refractivity contribution in [2.45, 2.75) is 53.1 Å². The molecule has 0 saturated heterocycles. The van der Waals surface area contributed by atoms with Crippen molar-refractivity contribution >= 4 is 0 Å². The van der Waals surface area contributed by atoms with E-state index in [2.05, 4.69) is 48.9 Å². The van der Waals surface area contributed by atoms with Crippen molar-refractivity contribution in [2.24, 2.45) is 5.92 Å². The van der Waals surface area contributed by atoms with E-state index in [0.29, 0.717) is 12.0 Å². The van der Waals surface area contributed by atoms with Gasteiger partial charge in [-0.05, 0) is 31.4 Å². The molecule has 3 nitrogen and oxygen atoms in total. The second-order valence-electron chi connectivity index (χ2n) is 4.92. The normalized spacial score (nSPS) is 13.3. The van der Waals surface area contributed by atoms with Gasteiger partial charge < -0.3 is 5.32 Å². The molecule has 0 fully saturated rings. The van der Waals surface area contributed by atoms with Gasteiger partial charge in [-0.1, -0.05) is 27.7 Å². The molecule has 1 aromatic rings. The second-order valence-corrected chi connectivity index (χ2v) is 4.92.